The van der Waals surface area contributed by atoms with E-state index in [1.807, 2.05) is 20.8 Å². The minimum atomic E-state index is -3.19. The Morgan fingerprint density at radius 1 is 1.44 bits per heavy atom. The minimum Gasteiger partial charge on any atom is -0.351 e. The normalized spacial score (nSPS) is 22.8. The van der Waals surface area contributed by atoms with Gasteiger partial charge in [-0.3, -0.25) is 4.79 Å². The standard InChI is InChI=1S/C12H24N2O3S/c1-5-12(2,3)13-11(15)10-7-6-8-14(9-10)18(4,16)17/h10H,5-9H2,1-4H3,(H,13,15). The predicted octanol–water partition coefficient (Wildman–Crippen LogP) is 0.963. The molecule has 0 aliphatic carbocycles. The first-order chi connectivity index (χ1) is 8.15. The molecule has 1 fully saturated rings. The van der Waals surface area contributed by atoms with Crippen LogP contribution in [-0.4, -0.2) is 43.5 Å². The van der Waals surface area contributed by atoms with Crippen LogP contribution in [0.4, 0.5) is 0 Å². The molecule has 0 aromatic carbocycles. The number of hydrogen-bond donors (Lipinski definition) is 1. The second-order valence-corrected chi connectivity index (χ2v) is 7.67. The summed E-state index contributed by atoms with van der Waals surface area (Å²) in [6.45, 7) is 6.80. The topological polar surface area (TPSA) is 66.5 Å². The van der Waals surface area contributed by atoms with Crippen LogP contribution in [0.3, 0.4) is 0 Å². The van der Waals surface area contributed by atoms with Crippen molar-refractivity contribution in [3.05, 3.63) is 0 Å². The van der Waals surface area contributed by atoms with Gasteiger partial charge in [0.15, 0.2) is 0 Å². The Kier molecular flexibility index (Phi) is 4.78. The van der Waals surface area contributed by atoms with Crippen LogP contribution in [0.1, 0.15) is 40.0 Å². The maximum Gasteiger partial charge on any atom is 0.224 e. The van der Waals surface area contributed by atoms with Gasteiger partial charge in [0.2, 0.25) is 15.9 Å². The summed E-state index contributed by atoms with van der Waals surface area (Å²) in [5.41, 5.74) is -0.232. The summed E-state index contributed by atoms with van der Waals surface area (Å²) in [6.07, 6.45) is 3.56. The Balaban J connectivity index is 2.65. The molecule has 1 N–H and O–H groups in total. The van der Waals surface area contributed by atoms with Crippen LogP contribution in [0.2, 0.25) is 0 Å². The lowest BCUT2D eigenvalue weighted by molar-refractivity contribution is -0.127. The zero-order valence-electron chi connectivity index (χ0n) is 11.7. The van der Waals surface area contributed by atoms with Crippen molar-refractivity contribution in [2.24, 2.45) is 5.92 Å². The first-order valence-corrected chi connectivity index (χ1v) is 8.27. The second-order valence-electron chi connectivity index (χ2n) is 5.69. The summed E-state index contributed by atoms with van der Waals surface area (Å²) in [6, 6.07) is 0. The summed E-state index contributed by atoms with van der Waals surface area (Å²) >= 11 is 0. The van der Waals surface area contributed by atoms with Gasteiger partial charge in [0.05, 0.1) is 12.2 Å². The van der Waals surface area contributed by atoms with Crippen LogP contribution in [-0.2, 0) is 14.8 Å². The van der Waals surface area contributed by atoms with Crippen LogP contribution in [0, 0.1) is 5.92 Å². The fourth-order valence-electron chi connectivity index (χ4n) is 1.98. The van der Waals surface area contributed by atoms with Crippen LogP contribution in [0.25, 0.3) is 0 Å². The van der Waals surface area contributed by atoms with E-state index in [0.29, 0.717) is 13.1 Å². The van der Waals surface area contributed by atoms with E-state index < -0.39 is 10.0 Å². The molecule has 1 atom stereocenters. The highest BCUT2D eigenvalue weighted by atomic mass is 32.2. The molecule has 0 saturated carbocycles. The third-order valence-electron chi connectivity index (χ3n) is 3.57. The summed E-state index contributed by atoms with van der Waals surface area (Å²) < 4.78 is 24.4. The highest BCUT2D eigenvalue weighted by molar-refractivity contribution is 7.88. The number of sulfonamides is 1. The SMILES string of the molecule is CCC(C)(C)NC(=O)C1CCCN(S(C)(=O)=O)C1. The molecule has 0 radical (unpaired) electrons. The molecule has 1 aliphatic heterocycles. The number of amides is 1. The van der Waals surface area contributed by atoms with Gasteiger partial charge in [0, 0.05) is 18.6 Å². The lowest BCUT2D eigenvalue weighted by Gasteiger charge is -2.33. The van der Waals surface area contributed by atoms with Crippen LogP contribution in [0.5, 0.6) is 0 Å². The first-order valence-electron chi connectivity index (χ1n) is 6.43. The number of nitrogens with zero attached hydrogens (tertiary/aromatic N) is 1. The van der Waals surface area contributed by atoms with Gasteiger partial charge in [-0.1, -0.05) is 6.92 Å². The van der Waals surface area contributed by atoms with E-state index in [9.17, 15) is 13.2 Å². The number of piperidine rings is 1. The van der Waals surface area contributed by atoms with Crippen LogP contribution in [0.15, 0.2) is 0 Å². The molecule has 106 valence electrons. The third kappa shape index (κ3) is 4.24. The molecule has 1 aliphatic rings. The molecule has 1 heterocycles. The Morgan fingerprint density at radius 3 is 2.56 bits per heavy atom. The Morgan fingerprint density at radius 2 is 2.06 bits per heavy atom. The molecular formula is C12H24N2O3S. The summed E-state index contributed by atoms with van der Waals surface area (Å²) in [7, 11) is -3.19. The van der Waals surface area contributed by atoms with Gasteiger partial charge in [-0.25, -0.2) is 12.7 Å². The van der Waals surface area contributed by atoms with Crippen molar-refractivity contribution in [3.8, 4) is 0 Å². The predicted molar refractivity (Wildman–Crippen MR) is 71.7 cm³/mol. The van der Waals surface area contributed by atoms with E-state index in [-0.39, 0.29) is 17.4 Å². The molecule has 0 spiro atoms. The Bertz CT molecular complexity index is 404. The molecule has 0 bridgehead atoms. The van der Waals surface area contributed by atoms with E-state index in [2.05, 4.69) is 5.32 Å². The Hall–Kier alpha value is -0.620. The molecule has 0 aromatic heterocycles. The lowest BCUT2D eigenvalue weighted by atomic mass is 9.95. The van der Waals surface area contributed by atoms with Crippen molar-refractivity contribution in [3.63, 3.8) is 0 Å². The largest absolute Gasteiger partial charge is 0.351 e. The average molecular weight is 276 g/mol. The van der Waals surface area contributed by atoms with Gasteiger partial charge in [-0.15, -0.1) is 0 Å². The monoisotopic (exact) mass is 276 g/mol. The molecule has 1 rings (SSSR count). The first kappa shape index (κ1) is 15.4. The number of carbonyl (C=O) groups is 1. The third-order valence-corrected chi connectivity index (χ3v) is 4.84. The molecule has 6 heteroatoms. The maximum absolute atomic E-state index is 12.1. The highest BCUT2D eigenvalue weighted by Crippen LogP contribution is 2.20. The molecule has 0 aromatic rings. The summed E-state index contributed by atoms with van der Waals surface area (Å²) in [5, 5.41) is 2.99. The maximum atomic E-state index is 12.1. The fourth-order valence-corrected chi connectivity index (χ4v) is 2.89. The van der Waals surface area contributed by atoms with Crippen LogP contribution < -0.4 is 5.32 Å². The van der Waals surface area contributed by atoms with Crippen molar-refractivity contribution in [1.29, 1.82) is 0 Å². The van der Waals surface area contributed by atoms with Gasteiger partial charge >= 0.3 is 0 Å². The number of nitrogens with one attached hydrogen (secondary N) is 1. The van der Waals surface area contributed by atoms with E-state index in [0.717, 1.165) is 19.3 Å². The van der Waals surface area contributed by atoms with Crippen LogP contribution >= 0.6 is 0 Å². The molecule has 1 unspecified atom stereocenters. The number of hydrogen-bond acceptors (Lipinski definition) is 3. The molecule has 1 saturated heterocycles. The van der Waals surface area contributed by atoms with Crippen molar-refractivity contribution in [2.45, 2.75) is 45.6 Å². The van der Waals surface area contributed by atoms with Crippen molar-refractivity contribution < 1.29 is 13.2 Å². The zero-order chi connectivity index (χ0) is 14.0. The molecule has 18 heavy (non-hydrogen) atoms. The molecular weight excluding hydrogens is 252 g/mol. The average Bonchev–Trinajstić information content (AvgIpc) is 2.27. The van der Waals surface area contributed by atoms with E-state index in [1.54, 1.807) is 0 Å². The second kappa shape index (κ2) is 5.57. The van der Waals surface area contributed by atoms with Crippen molar-refractivity contribution >= 4 is 15.9 Å². The van der Waals surface area contributed by atoms with Gasteiger partial charge in [-0.2, -0.15) is 0 Å². The minimum absolute atomic E-state index is 0.0322. The Labute approximate surface area is 110 Å². The van der Waals surface area contributed by atoms with E-state index in [4.69, 9.17) is 0 Å². The quantitative estimate of drug-likeness (QED) is 0.832. The van der Waals surface area contributed by atoms with Crippen molar-refractivity contribution in [2.75, 3.05) is 19.3 Å². The highest BCUT2D eigenvalue weighted by Gasteiger charge is 2.31. The smallest absolute Gasteiger partial charge is 0.224 e. The van der Waals surface area contributed by atoms with E-state index >= 15 is 0 Å². The number of rotatable bonds is 4. The fraction of sp³-hybridized carbons (Fsp3) is 0.917. The summed E-state index contributed by atoms with van der Waals surface area (Å²) in [4.78, 5) is 12.1. The zero-order valence-corrected chi connectivity index (χ0v) is 12.5. The lowest BCUT2D eigenvalue weighted by Crippen LogP contribution is -2.50. The van der Waals surface area contributed by atoms with Gasteiger partial charge in [0.25, 0.3) is 0 Å². The molecule has 5 nitrogen and oxygen atoms in total. The van der Waals surface area contributed by atoms with Gasteiger partial charge < -0.3 is 5.32 Å². The van der Waals surface area contributed by atoms with Gasteiger partial charge in [-0.05, 0) is 33.1 Å². The number of carbonyl (C=O) groups excluding carboxylic acids is 1. The van der Waals surface area contributed by atoms with E-state index in [1.165, 1.54) is 10.6 Å². The van der Waals surface area contributed by atoms with Gasteiger partial charge in [0.1, 0.15) is 0 Å². The van der Waals surface area contributed by atoms with Crippen molar-refractivity contribution in [1.82, 2.24) is 9.62 Å². The molecule has 1 amide bonds. The summed E-state index contributed by atoms with van der Waals surface area (Å²) in [5.74, 6) is -0.255.